The Morgan fingerprint density at radius 1 is 1.22 bits per heavy atom. The smallest absolute Gasteiger partial charge is 0.325 e. The van der Waals surface area contributed by atoms with Gasteiger partial charge in [0.1, 0.15) is 12.4 Å². The summed E-state index contributed by atoms with van der Waals surface area (Å²) in [6, 6.07) is 0. The van der Waals surface area contributed by atoms with E-state index in [1.807, 2.05) is 0 Å². The van der Waals surface area contributed by atoms with Crippen LogP contribution >= 0.6 is 0 Å². The molecule has 0 aromatic carbocycles. The maximum absolute atomic E-state index is 17.5. The molecule has 0 spiro atoms. The van der Waals surface area contributed by atoms with Crippen LogP contribution in [0.4, 0.5) is 8.78 Å². The van der Waals surface area contributed by atoms with Crippen LogP contribution in [0.1, 0.15) is 66.2 Å². The third kappa shape index (κ3) is 5.07. The molecule has 0 aromatic rings. The van der Waals surface area contributed by atoms with Crippen molar-refractivity contribution in [2.75, 3.05) is 19.8 Å². The first-order valence-corrected chi connectivity index (χ1v) is 15.0. The van der Waals surface area contributed by atoms with Crippen molar-refractivity contribution in [1.82, 2.24) is 5.32 Å². The highest BCUT2D eigenvalue weighted by atomic mass is 19.1. The van der Waals surface area contributed by atoms with Gasteiger partial charge < -0.3 is 29.5 Å². The lowest BCUT2D eigenvalue weighted by atomic mass is 9.45. The number of hydrogen-bond acceptors (Lipinski definition) is 11. The first kappa shape index (κ1) is 33.1. The highest BCUT2D eigenvalue weighted by Gasteiger charge is 2.80. The van der Waals surface area contributed by atoms with E-state index in [4.69, 9.17) is 14.2 Å². The van der Waals surface area contributed by atoms with Gasteiger partial charge in [-0.25, -0.2) is 8.78 Å². The second-order valence-electron chi connectivity index (χ2n) is 13.5. The molecule has 248 valence electrons. The molecule has 0 aromatic heterocycles. The number of nitrogens with zero attached hydrogens (tertiary/aromatic N) is 1. The third-order valence-corrected chi connectivity index (χ3v) is 10.6. The van der Waals surface area contributed by atoms with Crippen LogP contribution in [0.25, 0.3) is 0 Å². The number of halogens is 2. The molecule has 2 N–H and O–H groups in total. The monoisotopic (exact) mass is 640 g/mol. The average Bonchev–Trinajstić information content (AvgIpc) is 3.36. The molecular weight excluding hydrogens is 602 g/mol. The molecule has 0 unspecified atom stereocenters. The number of aliphatic hydroxyl groups is 1. The summed E-state index contributed by atoms with van der Waals surface area (Å²) in [4.78, 5) is 64.9. The summed E-state index contributed by atoms with van der Waals surface area (Å²) in [5.74, 6) is -6.20. The molecule has 45 heavy (non-hydrogen) atoms. The van der Waals surface area contributed by atoms with Crippen LogP contribution in [-0.4, -0.2) is 82.7 Å². The van der Waals surface area contributed by atoms with Crippen molar-refractivity contribution < 1.29 is 57.2 Å². The summed E-state index contributed by atoms with van der Waals surface area (Å²) in [6.45, 7) is 4.76. The lowest BCUT2D eigenvalue weighted by Gasteiger charge is -2.62. The Bertz CT molecular complexity index is 1380. The van der Waals surface area contributed by atoms with Gasteiger partial charge in [0, 0.05) is 36.0 Å². The number of rotatable bonds is 10. The van der Waals surface area contributed by atoms with Crippen LogP contribution in [0.3, 0.4) is 0 Å². The fourth-order valence-corrected chi connectivity index (χ4v) is 8.71. The van der Waals surface area contributed by atoms with Gasteiger partial charge in [-0.05, 0) is 57.6 Å². The van der Waals surface area contributed by atoms with Crippen molar-refractivity contribution in [3.8, 4) is 0 Å². The van der Waals surface area contributed by atoms with E-state index in [1.165, 1.54) is 19.1 Å². The minimum absolute atomic E-state index is 0.0258. The Balaban J connectivity index is 1.35. The largest absolute Gasteiger partial charge is 0.456 e. The fraction of sp³-hybridized carbons (Fsp3) is 0.733. The van der Waals surface area contributed by atoms with Crippen molar-refractivity contribution in [3.05, 3.63) is 33.7 Å². The van der Waals surface area contributed by atoms with E-state index in [0.29, 0.717) is 0 Å². The molecule has 13 nitrogen and oxygen atoms in total. The lowest BCUT2D eigenvalue weighted by Crippen LogP contribution is -2.70. The number of nitrogens with one attached hydrogen (secondary N) is 1. The van der Waals surface area contributed by atoms with E-state index in [-0.39, 0.29) is 56.5 Å². The second-order valence-corrected chi connectivity index (χ2v) is 13.5. The Morgan fingerprint density at radius 3 is 2.62 bits per heavy atom. The predicted molar refractivity (Wildman–Crippen MR) is 148 cm³/mol. The summed E-state index contributed by atoms with van der Waals surface area (Å²) in [6.07, 6.45) is -0.906. The molecule has 1 amide bonds. The number of hydrogen-bond donors (Lipinski definition) is 2. The standard InChI is InChI=1S/C30H38F2N2O11/c1-26(2)44-23-12-17-18-11-20(31)19-10-16(35)7-8-27(19,3)29(18,32)21(36)13-28(17,4)30(23,45-26)22(37)15-42-25(39)14-33-24(38)6-5-9-43-34(40)41/h7-8,17-18,21,23,36H,5-6,9-15H2,1-4H3,(H,33,38)/t17-,18-,21-,23+,27-,28-,29-,30+/m0/s1. The zero-order valence-corrected chi connectivity index (χ0v) is 25.6. The van der Waals surface area contributed by atoms with Crippen LogP contribution < -0.4 is 5.32 Å². The normalized spacial score (nSPS) is 39.3. The Labute approximate surface area is 257 Å². The number of allylic oxidation sites excluding steroid dienone is 4. The molecule has 2 saturated carbocycles. The SMILES string of the molecule is CC1(C)O[C@@H]2C[C@H]3[C@@H]4CC(F)=C5CC(=O)C=C[C@]5(C)[C@@]4(F)[C@@H](O)C[C@]3(C)[C@]2(C(=O)COC(=O)CNC(=O)CCCO[N+](=O)[O-])O1. The van der Waals surface area contributed by atoms with Gasteiger partial charge in [0.05, 0.1) is 18.8 Å². The molecule has 3 fully saturated rings. The maximum Gasteiger partial charge on any atom is 0.325 e. The molecule has 1 heterocycles. The average molecular weight is 641 g/mol. The van der Waals surface area contributed by atoms with Gasteiger partial charge in [0.25, 0.3) is 5.09 Å². The third-order valence-electron chi connectivity index (χ3n) is 10.6. The van der Waals surface area contributed by atoms with Gasteiger partial charge in [-0.2, -0.15) is 0 Å². The first-order valence-electron chi connectivity index (χ1n) is 15.0. The maximum atomic E-state index is 17.5. The summed E-state index contributed by atoms with van der Waals surface area (Å²) in [7, 11) is 0. The topological polar surface area (TPSA) is 181 Å². The van der Waals surface area contributed by atoms with Crippen molar-refractivity contribution in [2.24, 2.45) is 22.7 Å². The molecule has 8 atom stereocenters. The molecule has 4 aliphatic carbocycles. The van der Waals surface area contributed by atoms with Gasteiger partial charge in [0.15, 0.2) is 29.4 Å². The molecular formula is C30H38F2N2O11. The van der Waals surface area contributed by atoms with Gasteiger partial charge in [-0.15, -0.1) is 10.1 Å². The van der Waals surface area contributed by atoms with Crippen molar-refractivity contribution in [3.63, 3.8) is 0 Å². The van der Waals surface area contributed by atoms with E-state index < -0.39 is 93.7 Å². The second kappa shape index (κ2) is 11.2. The minimum Gasteiger partial charge on any atom is -0.456 e. The van der Waals surface area contributed by atoms with E-state index in [0.717, 1.165) is 0 Å². The van der Waals surface area contributed by atoms with E-state index in [1.54, 1.807) is 20.8 Å². The van der Waals surface area contributed by atoms with Crippen LogP contribution in [0.15, 0.2) is 23.6 Å². The van der Waals surface area contributed by atoms with Crippen LogP contribution in [-0.2, 0) is 38.2 Å². The number of ether oxygens (including phenoxy) is 3. The number of ketones is 2. The molecule has 0 radical (unpaired) electrons. The van der Waals surface area contributed by atoms with Crippen LogP contribution in [0.5, 0.6) is 0 Å². The molecule has 1 aliphatic heterocycles. The number of aliphatic hydroxyl groups excluding tert-OH is 1. The Kier molecular flexibility index (Phi) is 8.23. The lowest BCUT2D eigenvalue weighted by molar-refractivity contribution is -0.757. The highest BCUT2D eigenvalue weighted by Crippen LogP contribution is 2.72. The zero-order chi connectivity index (χ0) is 33.2. The van der Waals surface area contributed by atoms with Crippen LogP contribution in [0.2, 0.25) is 0 Å². The molecule has 15 heteroatoms. The van der Waals surface area contributed by atoms with Crippen molar-refractivity contribution in [1.29, 1.82) is 0 Å². The number of carbonyl (C=O) groups is 4. The molecule has 5 aliphatic rings. The van der Waals surface area contributed by atoms with Crippen LogP contribution in [0, 0.1) is 32.8 Å². The van der Waals surface area contributed by atoms with Gasteiger partial charge >= 0.3 is 5.97 Å². The molecule has 1 saturated heterocycles. The molecule has 5 rings (SSSR count). The van der Waals surface area contributed by atoms with Crippen molar-refractivity contribution >= 4 is 23.4 Å². The minimum atomic E-state index is -2.35. The fourth-order valence-electron chi connectivity index (χ4n) is 8.71. The quantitative estimate of drug-likeness (QED) is 0.155. The van der Waals surface area contributed by atoms with Gasteiger partial charge in [-0.3, -0.25) is 19.2 Å². The number of alkyl halides is 1. The Morgan fingerprint density at radius 2 is 1.93 bits per heavy atom. The number of fused-ring (bicyclic) bond motifs is 7. The predicted octanol–water partition coefficient (Wildman–Crippen LogP) is 2.37. The van der Waals surface area contributed by atoms with E-state index >= 15 is 8.78 Å². The van der Waals surface area contributed by atoms with E-state index in [2.05, 4.69) is 10.2 Å². The van der Waals surface area contributed by atoms with Gasteiger partial charge in [0.2, 0.25) is 11.7 Å². The number of amides is 1. The summed E-state index contributed by atoms with van der Waals surface area (Å²) in [5, 5.41) is 23.1. The number of carbonyl (C=O) groups excluding carboxylic acids is 4. The van der Waals surface area contributed by atoms with Crippen molar-refractivity contribution in [2.45, 2.75) is 95.5 Å². The molecule has 0 bridgehead atoms. The first-order chi connectivity index (χ1) is 20.9. The number of esters is 1. The summed E-state index contributed by atoms with van der Waals surface area (Å²) >= 11 is 0. The van der Waals surface area contributed by atoms with E-state index in [9.17, 15) is 34.4 Å². The Hall–Kier alpha value is -3.30. The number of Topliss-reactive ketones (excluding diaryl/α,β-unsaturated/α-hetero) is 1. The van der Waals surface area contributed by atoms with Gasteiger partial charge in [-0.1, -0.05) is 13.0 Å². The summed E-state index contributed by atoms with van der Waals surface area (Å²) < 4.78 is 50.9. The highest BCUT2D eigenvalue weighted by molar-refractivity contribution is 5.94. The summed E-state index contributed by atoms with van der Waals surface area (Å²) in [5.41, 5.74) is -6.94. The zero-order valence-electron chi connectivity index (χ0n) is 25.6.